The van der Waals surface area contributed by atoms with Crippen molar-refractivity contribution < 1.29 is 4.74 Å². The number of nitrogen functional groups attached to an aromatic ring is 1. The van der Waals surface area contributed by atoms with E-state index in [9.17, 15) is 0 Å². The molecule has 2 aromatic carbocycles. The van der Waals surface area contributed by atoms with Gasteiger partial charge in [0, 0.05) is 24.7 Å². The summed E-state index contributed by atoms with van der Waals surface area (Å²) < 4.78 is 5.15. The van der Waals surface area contributed by atoms with Gasteiger partial charge in [-0.25, -0.2) is 0 Å². The van der Waals surface area contributed by atoms with Crippen molar-refractivity contribution in [3.63, 3.8) is 0 Å². The Labute approximate surface area is 118 Å². The number of nitrogens with two attached hydrogens (primary N) is 1. The molecule has 2 aromatic rings. The molecule has 0 aliphatic rings. The van der Waals surface area contributed by atoms with E-state index in [1.807, 2.05) is 49.5 Å². The lowest BCUT2D eigenvalue weighted by atomic mass is 10.2. The van der Waals surface area contributed by atoms with Crippen LogP contribution in [-0.2, 0) is 6.54 Å². The van der Waals surface area contributed by atoms with Crippen LogP contribution < -0.4 is 15.4 Å². The number of hydrogen-bond donors (Lipinski definition) is 1. The number of ether oxygens (including phenoxy) is 1. The minimum absolute atomic E-state index is 0.698. The molecule has 2 N–H and O–H groups in total. The summed E-state index contributed by atoms with van der Waals surface area (Å²) in [6.45, 7) is 0.747. The predicted octanol–water partition coefficient (Wildman–Crippen LogP) is 3.57. The summed E-state index contributed by atoms with van der Waals surface area (Å²) in [5.41, 5.74) is 8.85. The normalized spacial score (nSPS) is 10.3. The average Bonchev–Trinajstić information content (AvgIpc) is 2.38. The summed E-state index contributed by atoms with van der Waals surface area (Å²) in [5, 5.41) is 0.744. The fourth-order valence-electron chi connectivity index (χ4n) is 2.00. The maximum Gasteiger partial charge on any atom is 0.121 e. The minimum atomic E-state index is 0.698. The highest BCUT2D eigenvalue weighted by Crippen LogP contribution is 2.28. The third kappa shape index (κ3) is 3.32. The van der Waals surface area contributed by atoms with Gasteiger partial charge in [-0.1, -0.05) is 23.7 Å². The van der Waals surface area contributed by atoms with E-state index >= 15 is 0 Å². The molecule has 3 nitrogen and oxygen atoms in total. The van der Waals surface area contributed by atoms with Gasteiger partial charge in [-0.05, 0) is 29.8 Å². The van der Waals surface area contributed by atoms with E-state index in [4.69, 9.17) is 22.1 Å². The Bertz CT molecular complexity index is 572. The van der Waals surface area contributed by atoms with Crippen molar-refractivity contribution in [3.05, 3.63) is 53.1 Å². The number of hydrogen-bond acceptors (Lipinski definition) is 3. The highest BCUT2D eigenvalue weighted by atomic mass is 35.5. The molecular formula is C15H17ClN2O. The molecule has 4 heteroatoms. The molecule has 0 bridgehead atoms. The number of benzene rings is 2. The van der Waals surface area contributed by atoms with Crippen LogP contribution in [0.5, 0.6) is 5.75 Å². The Kier molecular flexibility index (Phi) is 4.17. The topological polar surface area (TPSA) is 38.5 Å². The third-order valence-corrected chi connectivity index (χ3v) is 3.19. The van der Waals surface area contributed by atoms with Crippen molar-refractivity contribution in [2.75, 3.05) is 24.8 Å². The van der Waals surface area contributed by atoms with E-state index in [1.165, 1.54) is 0 Å². The molecule has 2 rings (SSSR count). The maximum atomic E-state index is 6.03. The lowest BCUT2D eigenvalue weighted by molar-refractivity contribution is 0.415. The fourth-order valence-corrected chi connectivity index (χ4v) is 2.21. The van der Waals surface area contributed by atoms with Gasteiger partial charge in [-0.3, -0.25) is 0 Å². The van der Waals surface area contributed by atoms with Crippen molar-refractivity contribution in [2.45, 2.75) is 6.54 Å². The van der Waals surface area contributed by atoms with Crippen LogP contribution in [0.1, 0.15) is 5.56 Å². The zero-order valence-electron chi connectivity index (χ0n) is 11.1. The minimum Gasteiger partial charge on any atom is -0.497 e. The molecule has 0 spiro atoms. The Morgan fingerprint density at radius 2 is 2.00 bits per heavy atom. The lowest BCUT2D eigenvalue weighted by Crippen LogP contribution is -2.17. The highest BCUT2D eigenvalue weighted by molar-refractivity contribution is 6.30. The van der Waals surface area contributed by atoms with Crippen LogP contribution in [0.25, 0.3) is 0 Å². The van der Waals surface area contributed by atoms with Crippen LogP contribution in [0.2, 0.25) is 5.02 Å². The van der Waals surface area contributed by atoms with Gasteiger partial charge in [-0.15, -0.1) is 0 Å². The second-order valence-electron chi connectivity index (χ2n) is 4.41. The molecule has 0 aromatic heterocycles. The number of rotatable bonds is 4. The molecule has 0 saturated carbocycles. The van der Waals surface area contributed by atoms with Crippen LogP contribution >= 0.6 is 11.6 Å². The van der Waals surface area contributed by atoms with Gasteiger partial charge >= 0.3 is 0 Å². The Hall–Kier alpha value is -1.87. The van der Waals surface area contributed by atoms with Crippen LogP contribution in [-0.4, -0.2) is 14.2 Å². The monoisotopic (exact) mass is 276 g/mol. The van der Waals surface area contributed by atoms with Crippen molar-refractivity contribution >= 4 is 23.0 Å². The van der Waals surface area contributed by atoms with E-state index in [2.05, 4.69) is 4.90 Å². The van der Waals surface area contributed by atoms with Crippen molar-refractivity contribution in [2.24, 2.45) is 0 Å². The van der Waals surface area contributed by atoms with Crippen LogP contribution in [0.15, 0.2) is 42.5 Å². The Morgan fingerprint density at radius 3 is 2.63 bits per heavy atom. The first kappa shape index (κ1) is 13.6. The van der Waals surface area contributed by atoms with E-state index in [0.717, 1.165) is 28.6 Å². The van der Waals surface area contributed by atoms with Crippen LogP contribution in [0.3, 0.4) is 0 Å². The largest absolute Gasteiger partial charge is 0.497 e. The lowest BCUT2D eigenvalue weighted by Gasteiger charge is -2.21. The molecule has 0 heterocycles. The fraction of sp³-hybridized carbons (Fsp3) is 0.200. The van der Waals surface area contributed by atoms with Gasteiger partial charge in [0.25, 0.3) is 0 Å². The van der Waals surface area contributed by atoms with Crippen LogP contribution in [0.4, 0.5) is 11.4 Å². The van der Waals surface area contributed by atoms with Gasteiger partial charge in [0.1, 0.15) is 5.75 Å². The standard InChI is InChI=1S/C15H17ClN2O/c1-18(10-11-4-3-5-12(16)8-11)15-7-6-13(19-2)9-14(15)17/h3-9H,10,17H2,1-2H3. The molecule has 0 atom stereocenters. The number of nitrogens with zero attached hydrogens (tertiary/aromatic N) is 1. The summed E-state index contributed by atoms with van der Waals surface area (Å²) in [6.07, 6.45) is 0. The van der Waals surface area contributed by atoms with Crippen molar-refractivity contribution in [1.82, 2.24) is 0 Å². The quantitative estimate of drug-likeness (QED) is 0.868. The summed E-state index contributed by atoms with van der Waals surface area (Å²) in [6, 6.07) is 13.5. The maximum absolute atomic E-state index is 6.03. The van der Waals surface area contributed by atoms with E-state index < -0.39 is 0 Å². The third-order valence-electron chi connectivity index (χ3n) is 2.95. The van der Waals surface area contributed by atoms with E-state index in [1.54, 1.807) is 7.11 Å². The molecule has 0 unspecified atom stereocenters. The Balaban J connectivity index is 2.18. The zero-order valence-corrected chi connectivity index (χ0v) is 11.8. The van der Waals surface area contributed by atoms with Gasteiger partial charge in [0.05, 0.1) is 18.5 Å². The van der Waals surface area contributed by atoms with Gasteiger partial charge in [0.2, 0.25) is 0 Å². The molecule has 0 radical (unpaired) electrons. The molecule has 0 fully saturated rings. The second kappa shape index (κ2) is 5.85. The molecule has 0 aliphatic carbocycles. The SMILES string of the molecule is COc1ccc(N(C)Cc2cccc(Cl)c2)c(N)c1. The second-order valence-corrected chi connectivity index (χ2v) is 4.85. The first-order valence-electron chi connectivity index (χ1n) is 5.99. The molecule has 0 saturated heterocycles. The molecule has 19 heavy (non-hydrogen) atoms. The number of methoxy groups -OCH3 is 1. The van der Waals surface area contributed by atoms with Crippen molar-refractivity contribution in [3.8, 4) is 5.75 Å². The molecule has 100 valence electrons. The smallest absolute Gasteiger partial charge is 0.121 e. The summed E-state index contributed by atoms with van der Waals surface area (Å²) in [4.78, 5) is 2.08. The van der Waals surface area contributed by atoms with Crippen molar-refractivity contribution in [1.29, 1.82) is 0 Å². The Morgan fingerprint density at radius 1 is 1.21 bits per heavy atom. The number of anilines is 2. The summed E-state index contributed by atoms with van der Waals surface area (Å²) in [7, 11) is 3.63. The van der Waals surface area contributed by atoms with Gasteiger partial charge in [0.15, 0.2) is 0 Å². The van der Waals surface area contributed by atoms with Crippen LogP contribution in [0, 0.1) is 0 Å². The van der Waals surface area contributed by atoms with E-state index in [-0.39, 0.29) is 0 Å². The molecule has 0 amide bonds. The number of halogens is 1. The first-order valence-corrected chi connectivity index (χ1v) is 6.37. The highest BCUT2D eigenvalue weighted by Gasteiger charge is 2.07. The van der Waals surface area contributed by atoms with Gasteiger partial charge in [-0.2, -0.15) is 0 Å². The van der Waals surface area contributed by atoms with E-state index in [0.29, 0.717) is 5.69 Å². The average molecular weight is 277 g/mol. The summed E-state index contributed by atoms with van der Waals surface area (Å²) >= 11 is 5.99. The zero-order chi connectivity index (χ0) is 13.8. The molecular weight excluding hydrogens is 260 g/mol. The van der Waals surface area contributed by atoms with Gasteiger partial charge < -0.3 is 15.4 Å². The predicted molar refractivity (Wildman–Crippen MR) is 81.0 cm³/mol. The first-order chi connectivity index (χ1) is 9.10. The summed E-state index contributed by atoms with van der Waals surface area (Å²) in [5.74, 6) is 0.761. The molecule has 0 aliphatic heterocycles.